The fourth-order valence-corrected chi connectivity index (χ4v) is 2.06. The SMILES string of the molecule is C=Cc1oc(NC)c(-c2ccc(OC)c(C)c2)c1O. The van der Waals surface area contributed by atoms with Gasteiger partial charge < -0.3 is 19.6 Å². The van der Waals surface area contributed by atoms with Crippen molar-refractivity contribution in [3.05, 3.63) is 36.1 Å². The summed E-state index contributed by atoms with van der Waals surface area (Å²) in [5, 5.41) is 13.1. The molecule has 1 aromatic heterocycles. The summed E-state index contributed by atoms with van der Waals surface area (Å²) in [5.74, 6) is 1.76. The molecule has 1 heterocycles. The zero-order valence-electron chi connectivity index (χ0n) is 11.3. The second kappa shape index (κ2) is 5.10. The first kappa shape index (κ1) is 13.1. The minimum absolute atomic E-state index is 0.0870. The zero-order chi connectivity index (χ0) is 14.0. The summed E-state index contributed by atoms with van der Waals surface area (Å²) < 4.78 is 10.7. The van der Waals surface area contributed by atoms with Gasteiger partial charge in [-0.15, -0.1) is 0 Å². The van der Waals surface area contributed by atoms with Crippen molar-refractivity contribution >= 4 is 12.0 Å². The van der Waals surface area contributed by atoms with Gasteiger partial charge >= 0.3 is 0 Å². The van der Waals surface area contributed by atoms with Crippen LogP contribution >= 0.6 is 0 Å². The summed E-state index contributed by atoms with van der Waals surface area (Å²) >= 11 is 0. The molecule has 4 nitrogen and oxygen atoms in total. The van der Waals surface area contributed by atoms with Crippen LogP contribution in [0.2, 0.25) is 0 Å². The average Bonchev–Trinajstić information content (AvgIpc) is 2.74. The lowest BCUT2D eigenvalue weighted by molar-refractivity contribution is 0.412. The van der Waals surface area contributed by atoms with Crippen LogP contribution in [0.4, 0.5) is 5.88 Å². The van der Waals surface area contributed by atoms with Gasteiger partial charge in [0.05, 0.1) is 12.7 Å². The average molecular weight is 259 g/mol. The first-order valence-corrected chi connectivity index (χ1v) is 5.93. The van der Waals surface area contributed by atoms with Crippen LogP contribution in [0, 0.1) is 6.92 Å². The molecule has 0 fully saturated rings. The van der Waals surface area contributed by atoms with E-state index in [0.29, 0.717) is 17.2 Å². The number of ether oxygens (including phenoxy) is 1. The Labute approximate surface area is 112 Å². The standard InChI is InChI=1S/C15H17NO3/c1-5-11-14(17)13(15(16-3)19-11)10-6-7-12(18-4)9(2)8-10/h5-8,16-17H,1H2,2-4H3. The first-order valence-electron chi connectivity index (χ1n) is 5.93. The normalized spacial score (nSPS) is 10.3. The van der Waals surface area contributed by atoms with Crippen LogP contribution in [0.25, 0.3) is 17.2 Å². The molecule has 0 saturated carbocycles. The molecule has 0 aliphatic carbocycles. The second-order valence-electron chi connectivity index (χ2n) is 4.16. The van der Waals surface area contributed by atoms with Gasteiger partial charge in [0, 0.05) is 7.05 Å². The van der Waals surface area contributed by atoms with Crippen LogP contribution in [0.1, 0.15) is 11.3 Å². The Balaban J connectivity index is 2.61. The highest BCUT2D eigenvalue weighted by atomic mass is 16.5. The Morgan fingerprint density at radius 1 is 1.42 bits per heavy atom. The minimum Gasteiger partial charge on any atom is -0.504 e. The van der Waals surface area contributed by atoms with E-state index in [1.807, 2.05) is 25.1 Å². The Hall–Kier alpha value is -2.36. The molecule has 2 N–H and O–H groups in total. The number of aromatic hydroxyl groups is 1. The van der Waals surface area contributed by atoms with Gasteiger partial charge in [0.1, 0.15) is 5.75 Å². The summed E-state index contributed by atoms with van der Waals surface area (Å²) in [7, 11) is 3.37. The molecule has 19 heavy (non-hydrogen) atoms. The lowest BCUT2D eigenvalue weighted by atomic mass is 10.0. The van der Waals surface area contributed by atoms with Gasteiger partial charge in [-0.2, -0.15) is 0 Å². The third-order valence-electron chi connectivity index (χ3n) is 3.01. The lowest BCUT2D eigenvalue weighted by Crippen LogP contribution is -1.90. The predicted molar refractivity (Wildman–Crippen MR) is 76.7 cm³/mol. The van der Waals surface area contributed by atoms with Gasteiger partial charge in [0.2, 0.25) is 5.88 Å². The molecule has 4 heteroatoms. The van der Waals surface area contributed by atoms with Gasteiger partial charge in [0.15, 0.2) is 11.5 Å². The van der Waals surface area contributed by atoms with E-state index < -0.39 is 0 Å². The number of hydrogen-bond acceptors (Lipinski definition) is 4. The molecule has 0 aliphatic rings. The van der Waals surface area contributed by atoms with E-state index >= 15 is 0 Å². The van der Waals surface area contributed by atoms with Crippen molar-refractivity contribution in [1.82, 2.24) is 0 Å². The maximum atomic E-state index is 10.2. The van der Waals surface area contributed by atoms with E-state index in [4.69, 9.17) is 9.15 Å². The topological polar surface area (TPSA) is 54.6 Å². The van der Waals surface area contributed by atoms with E-state index in [2.05, 4.69) is 11.9 Å². The van der Waals surface area contributed by atoms with Crippen molar-refractivity contribution in [2.75, 3.05) is 19.5 Å². The van der Waals surface area contributed by atoms with Crippen LogP contribution < -0.4 is 10.1 Å². The predicted octanol–water partition coefficient (Wildman–Crippen LogP) is 3.65. The van der Waals surface area contributed by atoms with Crippen LogP contribution in [0.3, 0.4) is 0 Å². The van der Waals surface area contributed by atoms with Crippen LogP contribution in [-0.4, -0.2) is 19.3 Å². The summed E-state index contributed by atoms with van der Waals surface area (Å²) in [5.41, 5.74) is 2.47. The largest absolute Gasteiger partial charge is 0.504 e. The van der Waals surface area contributed by atoms with Gasteiger partial charge in [-0.05, 0) is 36.3 Å². The number of nitrogens with one attached hydrogen (secondary N) is 1. The minimum atomic E-state index is 0.0870. The molecule has 0 spiro atoms. The van der Waals surface area contributed by atoms with Crippen molar-refractivity contribution in [1.29, 1.82) is 0 Å². The van der Waals surface area contributed by atoms with E-state index in [1.54, 1.807) is 14.2 Å². The summed E-state index contributed by atoms with van der Waals surface area (Å²) in [6, 6.07) is 5.69. The number of anilines is 1. The molecule has 0 saturated heterocycles. The number of benzene rings is 1. The smallest absolute Gasteiger partial charge is 0.205 e. The lowest BCUT2D eigenvalue weighted by Gasteiger charge is -2.07. The highest BCUT2D eigenvalue weighted by Crippen LogP contribution is 2.42. The Morgan fingerprint density at radius 2 is 2.16 bits per heavy atom. The first-order chi connectivity index (χ1) is 9.12. The molecule has 0 aliphatic heterocycles. The van der Waals surface area contributed by atoms with E-state index in [9.17, 15) is 5.11 Å². The Morgan fingerprint density at radius 3 is 2.68 bits per heavy atom. The molecule has 0 atom stereocenters. The van der Waals surface area contributed by atoms with Crippen molar-refractivity contribution in [2.24, 2.45) is 0 Å². The number of aryl methyl sites for hydroxylation is 1. The number of rotatable bonds is 4. The fraction of sp³-hybridized carbons (Fsp3) is 0.200. The highest BCUT2D eigenvalue weighted by Gasteiger charge is 2.19. The molecule has 2 rings (SSSR count). The van der Waals surface area contributed by atoms with Gasteiger partial charge in [-0.3, -0.25) is 0 Å². The Bertz CT molecular complexity index is 614. The second-order valence-corrected chi connectivity index (χ2v) is 4.16. The third kappa shape index (κ3) is 2.17. The monoisotopic (exact) mass is 259 g/mol. The molecule has 0 unspecified atom stereocenters. The van der Waals surface area contributed by atoms with E-state index in [1.165, 1.54) is 6.08 Å². The molecular formula is C15H17NO3. The molecule has 2 aromatic rings. The summed E-state index contributed by atoms with van der Waals surface area (Å²) in [4.78, 5) is 0. The Kier molecular flexibility index (Phi) is 3.51. The van der Waals surface area contributed by atoms with Gasteiger partial charge in [-0.25, -0.2) is 0 Å². The summed E-state index contributed by atoms with van der Waals surface area (Å²) in [6.07, 6.45) is 1.48. The fourth-order valence-electron chi connectivity index (χ4n) is 2.06. The van der Waals surface area contributed by atoms with E-state index in [-0.39, 0.29) is 5.75 Å². The van der Waals surface area contributed by atoms with Gasteiger partial charge in [-0.1, -0.05) is 12.6 Å². The molecule has 0 radical (unpaired) electrons. The molecule has 100 valence electrons. The number of hydrogen-bond donors (Lipinski definition) is 2. The highest BCUT2D eigenvalue weighted by molar-refractivity contribution is 5.84. The van der Waals surface area contributed by atoms with Crippen LogP contribution in [-0.2, 0) is 0 Å². The summed E-state index contributed by atoms with van der Waals surface area (Å²) in [6.45, 7) is 5.57. The number of furan rings is 1. The molecular weight excluding hydrogens is 242 g/mol. The van der Waals surface area contributed by atoms with Gasteiger partial charge in [0.25, 0.3) is 0 Å². The quantitative estimate of drug-likeness (QED) is 0.880. The van der Waals surface area contributed by atoms with Crippen molar-refractivity contribution < 1.29 is 14.3 Å². The zero-order valence-corrected chi connectivity index (χ0v) is 11.3. The van der Waals surface area contributed by atoms with Crippen LogP contribution in [0.5, 0.6) is 11.5 Å². The molecule has 0 bridgehead atoms. The number of methoxy groups -OCH3 is 1. The maximum Gasteiger partial charge on any atom is 0.205 e. The molecule has 0 amide bonds. The maximum absolute atomic E-state index is 10.2. The van der Waals surface area contributed by atoms with Crippen LogP contribution in [0.15, 0.2) is 29.2 Å². The van der Waals surface area contributed by atoms with Crippen molar-refractivity contribution in [2.45, 2.75) is 6.92 Å². The third-order valence-corrected chi connectivity index (χ3v) is 3.01. The van der Waals surface area contributed by atoms with E-state index in [0.717, 1.165) is 16.9 Å². The van der Waals surface area contributed by atoms with Crippen molar-refractivity contribution in [3.8, 4) is 22.6 Å². The molecule has 1 aromatic carbocycles. The van der Waals surface area contributed by atoms with Crippen molar-refractivity contribution in [3.63, 3.8) is 0 Å².